The average Bonchev–Trinajstić information content (AvgIpc) is 3.72. The summed E-state index contributed by atoms with van der Waals surface area (Å²) in [5, 5.41) is 0. The van der Waals surface area contributed by atoms with Gasteiger partial charge in [-0.05, 0) is 48.6 Å². The SMILES string of the molecule is Cc1n(CC2=CC(=O)C3=CC=CC(=O)C3=N2)c2cc3c(cc2[n+]1CC1=CC(=O)C2=CC=CC(=O)C2=N1)N(CC1=CC(=O)C2=CC=CC(=O)C2=N1)CN3CC1=CC(=O)C2=CC=CC(=O)C2=N1. The van der Waals surface area contributed by atoms with Crippen LogP contribution in [-0.4, -0.2) is 93.4 Å². The summed E-state index contributed by atoms with van der Waals surface area (Å²) in [4.78, 5) is 127. The van der Waals surface area contributed by atoms with Gasteiger partial charge in [-0.2, -0.15) is 0 Å². The second-order valence-corrected chi connectivity index (χ2v) is 16.1. The molecule has 0 unspecified atom stereocenters. The van der Waals surface area contributed by atoms with Gasteiger partial charge in [0.2, 0.25) is 23.1 Å². The predicted molar refractivity (Wildman–Crippen MR) is 237 cm³/mol. The third kappa shape index (κ3) is 6.49. The van der Waals surface area contributed by atoms with Crippen molar-refractivity contribution in [3.8, 4) is 0 Å². The summed E-state index contributed by atoms with van der Waals surface area (Å²) in [5.41, 5.74) is 4.98. The first kappa shape index (κ1) is 39.1. The first-order valence-corrected chi connectivity index (χ1v) is 20.5. The number of nitrogens with zero attached hydrogens (tertiary/aromatic N) is 8. The standard InChI is InChI=1S/C49H31N8O8/c1-25-56(22-28-16-44(64)32-8-4-12-40(60)48(32)52-28)36-18-34-35(19-37(36)57(25)23-29-17-45(65)33-9-5-13-41(61)49(33)53-29)55(21-27-15-43(63)31-7-3-11-39(59)47(31)51-27)24-54(34)20-26-14-42(62)30-6-2-10-38(58)46(30)50-26/h2-19H,20-24H2,1H3/q+1. The van der Waals surface area contributed by atoms with Gasteiger partial charge in [-0.25, -0.2) is 29.1 Å². The highest BCUT2D eigenvalue weighted by atomic mass is 16.2. The molecule has 11 rings (SSSR count). The Hall–Kier alpha value is -8.79. The minimum absolute atomic E-state index is 0.0445. The highest BCUT2D eigenvalue weighted by Crippen LogP contribution is 2.41. The Labute approximate surface area is 367 Å². The van der Waals surface area contributed by atoms with Crippen molar-refractivity contribution < 1.29 is 42.9 Å². The zero-order valence-corrected chi connectivity index (χ0v) is 34.3. The van der Waals surface area contributed by atoms with E-state index in [2.05, 4.69) is 20.0 Å². The Balaban J connectivity index is 1.05. The first-order chi connectivity index (χ1) is 31.4. The van der Waals surface area contributed by atoms with Crippen LogP contribution in [0, 0.1) is 6.92 Å². The zero-order chi connectivity index (χ0) is 44.8. The highest BCUT2D eigenvalue weighted by Gasteiger charge is 2.37. The molecule has 0 spiro atoms. The molecule has 0 bridgehead atoms. The molecule has 9 aliphatic rings. The Bertz CT molecular complexity index is 3170. The van der Waals surface area contributed by atoms with E-state index >= 15 is 0 Å². The van der Waals surface area contributed by atoms with Crippen LogP contribution >= 0.6 is 0 Å². The van der Waals surface area contributed by atoms with Gasteiger partial charge in [0.1, 0.15) is 35.9 Å². The molecule has 6 heterocycles. The lowest BCUT2D eigenvalue weighted by Gasteiger charge is -2.24. The number of imidazole rings is 1. The van der Waals surface area contributed by atoms with Crippen LogP contribution in [0.15, 0.2) is 174 Å². The van der Waals surface area contributed by atoms with Gasteiger partial charge in [-0.1, -0.05) is 24.3 Å². The summed E-state index contributed by atoms with van der Waals surface area (Å²) in [5.74, 6) is -2.35. The molecule has 2 aromatic rings. The normalized spacial score (nSPS) is 20.7. The van der Waals surface area contributed by atoms with E-state index in [0.29, 0.717) is 51.0 Å². The van der Waals surface area contributed by atoms with Gasteiger partial charge in [-0.3, -0.25) is 38.4 Å². The summed E-state index contributed by atoms with van der Waals surface area (Å²) in [6, 6.07) is 3.85. The number of aliphatic imine (C=N–C) groups is 4. The highest BCUT2D eigenvalue weighted by molar-refractivity contribution is 6.59. The lowest BCUT2D eigenvalue weighted by molar-refractivity contribution is -0.670. The maximum absolute atomic E-state index is 13.3. The van der Waals surface area contributed by atoms with Crippen LogP contribution in [0.5, 0.6) is 0 Å². The van der Waals surface area contributed by atoms with Crippen LogP contribution in [-0.2, 0) is 51.4 Å². The van der Waals surface area contributed by atoms with E-state index in [1.807, 2.05) is 38.0 Å². The summed E-state index contributed by atoms with van der Waals surface area (Å²) in [6.45, 7) is 2.30. The number of aromatic nitrogens is 2. The van der Waals surface area contributed by atoms with E-state index < -0.39 is 11.6 Å². The molecule has 16 nitrogen and oxygen atoms in total. The minimum atomic E-state index is -0.392. The Morgan fingerprint density at radius 3 is 1.28 bits per heavy atom. The number of rotatable bonds is 8. The molecule has 65 heavy (non-hydrogen) atoms. The van der Waals surface area contributed by atoms with E-state index in [4.69, 9.17) is 0 Å². The van der Waals surface area contributed by atoms with Crippen LogP contribution in [0.4, 0.5) is 11.4 Å². The lowest BCUT2D eigenvalue weighted by Crippen LogP contribution is -2.39. The van der Waals surface area contributed by atoms with E-state index in [-0.39, 0.29) is 113 Å². The number of hydrogen-bond donors (Lipinski definition) is 0. The lowest BCUT2D eigenvalue weighted by atomic mass is 9.94. The fraction of sp³-hybridized carbons (Fsp3) is 0.122. The second-order valence-electron chi connectivity index (χ2n) is 16.1. The average molecular weight is 860 g/mol. The molecule has 0 fully saturated rings. The van der Waals surface area contributed by atoms with Crippen LogP contribution < -0.4 is 14.4 Å². The van der Waals surface area contributed by atoms with Crippen molar-refractivity contribution in [3.05, 3.63) is 160 Å². The molecule has 1 aromatic heterocycles. The van der Waals surface area contributed by atoms with Crippen molar-refractivity contribution in [2.75, 3.05) is 29.6 Å². The van der Waals surface area contributed by atoms with Gasteiger partial charge in [-0.15, -0.1) is 0 Å². The number of allylic oxidation sites excluding steroid dienone is 22. The summed E-state index contributed by atoms with van der Waals surface area (Å²) in [7, 11) is 0. The van der Waals surface area contributed by atoms with Gasteiger partial charge in [0.05, 0.1) is 76.2 Å². The third-order valence-corrected chi connectivity index (χ3v) is 12.1. The van der Waals surface area contributed by atoms with Crippen molar-refractivity contribution in [2.24, 2.45) is 20.0 Å². The molecule has 16 heteroatoms. The number of ketones is 8. The number of anilines is 2. The van der Waals surface area contributed by atoms with E-state index in [9.17, 15) is 38.4 Å². The monoisotopic (exact) mass is 859 g/mol. The summed E-state index contributed by atoms with van der Waals surface area (Å²) in [6.07, 6.45) is 23.3. The molecule has 1 aromatic carbocycles. The Morgan fingerprint density at radius 1 is 0.477 bits per heavy atom. The summed E-state index contributed by atoms with van der Waals surface area (Å²) >= 11 is 0. The minimum Gasteiger partial charge on any atom is -0.346 e. The van der Waals surface area contributed by atoms with Crippen molar-refractivity contribution in [1.29, 1.82) is 0 Å². The molecule has 0 saturated carbocycles. The molecular weight excluding hydrogens is 829 g/mol. The number of carbonyl (C=O) groups is 8. The van der Waals surface area contributed by atoms with E-state index in [0.717, 1.165) is 0 Å². The molecule has 0 saturated heterocycles. The van der Waals surface area contributed by atoms with Crippen molar-refractivity contribution in [1.82, 2.24) is 4.57 Å². The molecule has 0 radical (unpaired) electrons. The number of benzene rings is 1. The second kappa shape index (κ2) is 14.7. The fourth-order valence-corrected chi connectivity index (χ4v) is 9.02. The van der Waals surface area contributed by atoms with E-state index in [1.54, 1.807) is 24.3 Å². The molecule has 0 amide bonds. The van der Waals surface area contributed by atoms with Crippen LogP contribution in [0.3, 0.4) is 0 Å². The molecule has 4 aliphatic carbocycles. The van der Waals surface area contributed by atoms with Crippen LogP contribution in [0.2, 0.25) is 0 Å². The number of carbonyl (C=O) groups excluding carboxylic acids is 8. The van der Waals surface area contributed by atoms with Gasteiger partial charge >= 0.3 is 0 Å². The largest absolute Gasteiger partial charge is 0.346 e. The first-order valence-electron chi connectivity index (χ1n) is 20.5. The van der Waals surface area contributed by atoms with Gasteiger partial charge in [0.15, 0.2) is 34.2 Å². The van der Waals surface area contributed by atoms with Crippen LogP contribution in [0.1, 0.15) is 5.82 Å². The smallest absolute Gasteiger partial charge is 0.254 e. The maximum atomic E-state index is 13.3. The van der Waals surface area contributed by atoms with Gasteiger partial charge < -0.3 is 9.80 Å². The molecule has 0 N–H and O–H groups in total. The molecular formula is C49H31N8O8+. The topological polar surface area (TPSA) is 201 Å². The summed E-state index contributed by atoms with van der Waals surface area (Å²) < 4.78 is 3.85. The van der Waals surface area contributed by atoms with Crippen molar-refractivity contribution in [2.45, 2.75) is 20.0 Å². The third-order valence-electron chi connectivity index (χ3n) is 12.1. The molecule has 0 atom stereocenters. The van der Waals surface area contributed by atoms with Crippen molar-refractivity contribution >= 4 is 91.5 Å². The number of hydrogen-bond acceptors (Lipinski definition) is 14. The quantitative estimate of drug-likeness (QED) is 0.281. The van der Waals surface area contributed by atoms with Gasteiger partial charge in [0, 0.05) is 43.4 Å². The fourth-order valence-electron chi connectivity index (χ4n) is 9.02. The molecule has 314 valence electrons. The Kier molecular flexibility index (Phi) is 8.81. The maximum Gasteiger partial charge on any atom is 0.254 e. The van der Waals surface area contributed by atoms with Gasteiger partial charge in [0.25, 0.3) is 5.82 Å². The number of fused-ring (bicyclic) bond motifs is 6. The zero-order valence-electron chi connectivity index (χ0n) is 34.3. The molecule has 5 aliphatic heterocycles. The van der Waals surface area contributed by atoms with Crippen LogP contribution in [0.25, 0.3) is 11.0 Å². The Morgan fingerprint density at radius 2 is 0.846 bits per heavy atom. The van der Waals surface area contributed by atoms with E-state index in [1.165, 1.54) is 72.9 Å². The van der Waals surface area contributed by atoms with Crippen molar-refractivity contribution in [3.63, 3.8) is 0 Å². The predicted octanol–water partition coefficient (Wildman–Crippen LogP) is 2.71.